The Bertz CT molecular complexity index is 1210. The molecule has 0 aliphatic rings. The van der Waals surface area contributed by atoms with Gasteiger partial charge in [-0.2, -0.15) is 0 Å². The van der Waals surface area contributed by atoms with Crippen LogP contribution in [0.3, 0.4) is 0 Å². The van der Waals surface area contributed by atoms with Crippen LogP contribution in [0, 0.1) is 6.92 Å². The second kappa shape index (κ2) is 9.68. The van der Waals surface area contributed by atoms with Crippen LogP contribution in [0.4, 0.5) is 0 Å². The highest BCUT2D eigenvalue weighted by Crippen LogP contribution is 2.27. The Kier molecular flexibility index (Phi) is 6.98. The van der Waals surface area contributed by atoms with E-state index in [-0.39, 0.29) is 30.0 Å². The van der Waals surface area contributed by atoms with Crippen LogP contribution in [-0.2, 0) is 11.2 Å². The molecule has 0 saturated heterocycles. The summed E-state index contributed by atoms with van der Waals surface area (Å²) in [4.78, 5) is 42.7. The standard InChI is InChI=1S/C25H29N3O4/c1-15(2)32-21-11-9-18(10-12-21)20-8-6-7-19(13-20)17(4)28(5)23(29)14-22-16(3)26-25(31)27-24(22)30/h6-13,15,17H,14H2,1-5H3,(H2,26,27,30,31). The van der Waals surface area contributed by atoms with Gasteiger partial charge in [0.2, 0.25) is 5.91 Å². The van der Waals surface area contributed by atoms with Crippen LogP contribution in [0.5, 0.6) is 5.75 Å². The maximum atomic E-state index is 12.9. The first kappa shape index (κ1) is 23.1. The molecular weight excluding hydrogens is 406 g/mol. The molecule has 0 bridgehead atoms. The van der Waals surface area contributed by atoms with Crippen molar-refractivity contribution < 1.29 is 9.53 Å². The summed E-state index contributed by atoms with van der Waals surface area (Å²) in [5.41, 5.74) is 2.64. The number of aryl methyl sites for hydroxylation is 1. The van der Waals surface area contributed by atoms with Gasteiger partial charge < -0.3 is 14.6 Å². The molecule has 7 heteroatoms. The molecule has 1 heterocycles. The molecule has 3 aromatic rings. The average Bonchev–Trinajstić information content (AvgIpc) is 2.75. The molecule has 1 atom stereocenters. The Balaban J connectivity index is 1.77. The van der Waals surface area contributed by atoms with Gasteiger partial charge in [0.1, 0.15) is 5.75 Å². The second-order valence-corrected chi connectivity index (χ2v) is 8.19. The van der Waals surface area contributed by atoms with Crippen molar-refractivity contribution in [1.82, 2.24) is 14.9 Å². The van der Waals surface area contributed by atoms with Crippen molar-refractivity contribution in [2.45, 2.75) is 46.3 Å². The first-order valence-electron chi connectivity index (χ1n) is 10.6. The van der Waals surface area contributed by atoms with Crippen LogP contribution in [0.1, 0.15) is 43.6 Å². The van der Waals surface area contributed by atoms with E-state index >= 15 is 0 Å². The molecule has 0 radical (unpaired) electrons. The molecule has 1 aromatic heterocycles. The smallest absolute Gasteiger partial charge is 0.325 e. The topological polar surface area (TPSA) is 95.3 Å². The minimum absolute atomic E-state index is 0.0875. The highest BCUT2D eigenvalue weighted by molar-refractivity contribution is 5.79. The van der Waals surface area contributed by atoms with Gasteiger partial charge in [0.15, 0.2) is 0 Å². The maximum absolute atomic E-state index is 12.9. The number of rotatable bonds is 7. The third kappa shape index (κ3) is 5.35. The molecule has 32 heavy (non-hydrogen) atoms. The lowest BCUT2D eigenvalue weighted by Gasteiger charge is -2.26. The molecule has 0 aliphatic carbocycles. The van der Waals surface area contributed by atoms with Crippen LogP contribution >= 0.6 is 0 Å². The van der Waals surface area contributed by atoms with Gasteiger partial charge in [-0.3, -0.25) is 14.6 Å². The Hall–Kier alpha value is -3.61. The van der Waals surface area contributed by atoms with Crippen molar-refractivity contribution in [2.24, 2.45) is 0 Å². The minimum atomic E-state index is -0.578. The van der Waals surface area contributed by atoms with Crippen molar-refractivity contribution in [3.63, 3.8) is 0 Å². The number of H-pyrrole nitrogens is 2. The van der Waals surface area contributed by atoms with Crippen LogP contribution < -0.4 is 16.0 Å². The van der Waals surface area contributed by atoms with E-state index in [9.17, 15) is 14.4 Å². The zero-order chi connectivity index (χ0) is 23.4. The highest BCUT2D eigenvalue weighted by atomic mass is 16.5. The molecule has 1 unspecified atom stereocenters. The number of ether oxygens (including phenoxy) is 1. The Labute approximate surface area is 187 Å². The summed E-state index contributed by atoms with van der Waals surface area (Å²) in [7, 11) is 1.72. The summed E-state index contributed by atoms with van der Waals surface area (Å²) in [6.07, 6.45) is 0.0316. The molecule has 2 aromatic carbocycles. The number of nitrogens with zero attached hydrogens (tertiary/aromatic N) is 1. The maximum Gasteiger partial charge on any atom is 0.325 e. The SMILES string of the molecule is Cc1[nH]c(=O)[nH]c(=O)c1CC(=O)N(C)C(C)c1cccc(-c2ccc(OC(C)C)cc2)c1. The van der Waals surface area contributed by atoms with E-state index in [2.05, 4.69) is 16.0 Å². The van der Waals surface area contributed by atoms with Gasteiger partial charge in [0, 0.05) is 18.3 Å². The Morgan fingerprint density at radius 2 is 1.69 bits per heavy atom. The molecule has 1 amide bonds. The van der Waals surface area contributed by atoms with E-state index in [1.807, 2.05) is 63.2 Å². The number of aromatic amines is 2. The minimum Gasteiger partial charge on any atom is -0.491 e. The molecule has 3 rings (SSSR count). The number of amides is 1. The Morgan fingerprint density at radius 1 is 1.00 bits per heavy atom. The number of benzene rings is 2. The van der Waals surface area contributed by atoms with Crippen LogP contribution in [0.25, 0.3) is 11.1 Å². The van der Waals surface area contributed by atoms with E-state index in [1.165, 1.54) is 0 Å². The van der Waals surface area contributed by atoms with Crippen molar-refractivity contribution in [2.75, 3.05) is 7.05 Å². The zero-order valence-electron chi connectivity index (χ0n) is 19.1. The molecule has 2 N–H and O–H groups in total. The average molecular weight is 436 g/mol. The molecule has 0 saturated carbocycles. The van der Waals surface area contributed by atoms with Gasteiger partial charge in [-0.05, 0) is 62.6 Å². The summed E-state index contributed by atoms with van der Waals surface area (Å²) in [5, 5.41) is 0. The zero-order valence-corrected chi connectivity index (χ0v) is 19.1. The van der Waals surface area contributed by atoms with E-state index in [4.69, 9.17) is 4.74 Å². The summed E-state index contributed by atoms with van der Waals surface area (Å²) in [6.45, 7) is 7.54. The van der Waals surface area contributed by atoms with Crippen molar-refractivity contribution in [3.05, 3.63) is 86.2 Å². The number of likely N-dealkylation sites (N-methyl/N-ethyl adjacent to an activating group) is 1. The van der Waals surface area contributed by atoms with Gasteiger partial charge in [-0.1, -0.05) is 30.3 Å². The largest absolute Gasteiger partial charge is 0.491 e. The number of carbonyl (C=O) groups excluding carboxylic acids is 1. The van der Waals surface area contributed by atoms with Gasteiger partial charge in [-0.25, -0.2) is 4.79 Å². The summed E-state index contributed by atoms with van der Waals surface area (Å²) >= 11 is 0. The normalized spacial score (nSPS) is 11.9. The van der Waals surface area contributed by atoms with Crippen molar-refractivity contribution >= 4 is 5.91 Å². The fourth-order valence-corrected chi connectivity index (χ4v) is 3.53. The van der Waals surface area contributed by atoms with E-state index < -0.39 is 11.2 Å². The lowest BCUT2D eigenvalue weighted by atomic mass is 9.99. The third-order valence-electron chi connectivity index (χ3n) is 5.49. The van der Waals surface area contributed by atoms with Crippen LogP contribution in [0.15, 0.2) is 58.1 Å². The number of hydrogen-bond acceptors (Lipinski definition) is 4. The quantitative estimate of drug-likeness (QED) is 0.593. The first-order valence-corrected chi connectivity index (χ1v) is 10.6. The lowest BCUT2D eigenvalue weighted by molar-refractivity contribution is -0.131. The van der Waals surface area contributed by atoms with Gasteiger partial charge in [0.25, 0.3) is 5.56 Å². The van der Waals surface area contributed by atoms with Crippen molar-refractivity contribution in [3.8, 4) is 16.9 Å². The number of aromatic nitrogens is 2. The summed E-state index contributed by atoms with van der Waals surface area (Å²) in [6, 6.07) is 15.8. The fraction of sp³-hybridized carbons (Fsp3) is 0.320. The lowest BCUT2D eigenvalue weighted by Crippen LogP contribution is -2.34. The van der Waals surface area contributed by atoms with Crippen LogP contribution in [0.2, 0.25) is 0 Å². The second-order valence-electron chi connectivity index (χ2n) is 8.19. The molecular formula is C25H29N3O4. The molecule has 0 aliphatic heterocycles. The van der Waals surface area contributed by atoms with E-state index in [0.717, 1.165) is 22.4 Å². The number of nitrogens with one attached hydrogen (secondary N) is 2. The number of hydrogen-bond donors (Lipinski definition) is 2. The van der Waals surface area contributed by atoms with E-state index in [1.54, 1.807) is 18.9 Å². The highest BCUT2D eigenvalue weighted by Gasteiger charge is 2.20. The predicted octanol–water partition coefficient (Wildman–Crippen LogP) is 3.59. The first-order chi connectivity index (χ1) is 15.2. The third-order valence-corrected chi connectivity index (χ3v) is 5.49. The van der Waals surface area contributed by atoms with Crippen molar-refractivity contribution in [1.29, 1.82) is 0 Å². The molecule has 7 nitrogen and oxygen atoms in total. The molecule has 168 valence electrons. The van der Waals surface area contributed by atoms with Crippen LogP contribution in [-0.4, -0.2) is 33.9 Å². The van der Waals surface area contributed by atoms with E-state index in [0.29, 0.717) is 5.69 Å². The fourth-order valence-electron chi connectivity index (χ4n) is 3.53. The molecule has 0 spiro atoms. The Morgan fingerprint density at radius 3 is 2.31 bits per heavy atom. The van der Waals surface area contributed by atoms with Gasteiger partial charge in [0.05, 0.1) is 18.6 Å². The summed E-state index contributed by atoms with van der Waals surface area (Å²) in [5.74, 6) is 0.616. The van der Waals surface area contributed by atoms with Gasteiger partial charge >= 0.3 is 5.69 Å². The molecule has 0 fully saturated rings. The predicted molar refractivity (Wildman–Crippen MR) is 125 cm³/mol. The van der Waals surface area contributed by atoms with Gasteiger partial charge in [-0.15, -0.1) is 0 Å². The number of carbonyl (C=O) groups is 1. The monoisotopic (exact) mass is 435 g/mol. The summed E-state index contributed by atoms with van der Waals surface area (Å²) < 4.78 is 5.71.